The minimum atomic E-state index is -3.83. The molecule has 0 atom stereocenters. The Morgan fingerprint density at radius 2 is 1.88 bits per heavy atom. The third kappa shape index (κ3) is 4.59. The zero-order valence-corrected chi connectivity index (χ0v) is 15.5. The Kier molecular flexibility index (Phi) is 6.72. The van der Waals surface area contributed by atoms with Gasteiger partial charge in [-0.05, 0) is 24.3 Å². The summed E-state index contributed by atoms with van der Waals surface area (Å²) in [6, 6.07) is 6.01. The third-order valence-corrected chi connectivity index (χ3v) is 5.36. The van der Waals surface area contributed by atoms with E-state index in [9.17, 15) is 13.2 Å². The van der Waals surface area contributed by atoms with E-state index in [1.807, 2.05) is 0 Å². The summed E-state index contributed by atoms with van der Waals surface area (Å²) in [6.45, 7) is 0.107. The van der Waals surface area contributed by atoms with Crippen LogP contribution < -0.4 is 4.74 Å². The maximum Gasteiger partial charge on any atom is 0.360 e. The minimum absolute atomic E-state index is 0.0314. The van der Waals surface area contributed by atoms with Gasteiger partial charge in [0.2, 0.25) is 15.9 Å². The summed E-state index contributed by atoms with van der Waals surface area (Å²) >= 11 is 0. The van der Waals surface area contributed by atoms with Gasteiger partial charge < -0.3 is 18.6 Å². The Labute approximate surface area is 151 Å². The number of carbonyl (C=O) groups is 1. The smallest absolute Gasteiger partial charge is 0.360 e. The van der Waals surface area contributed by atoms with Crippen LogP contribution in [0.15, 0.2) is 39.8 Å². The van der Waals surface area contributed by atoms with E-state index < -0.39 is 16.0 Å². The highest BCUT2D eigenvalue weighted by Crippen LogP contribution is 2.21. The fourth-order valence-corrected chi connectivity index (χ4v) is 3.48. The van der Waals surface area contributed by atoms with Gasteiger partial charge in [0.1, 0.15) is 12.0 Å². The summed E-state index contributed by atoms with van der Waals surface area (Å²) in [6.07, 6.45) is 1.12. The monoisotopic (exact) mass is 384 g/mol. The molecule has 0 radical (unpaired) electrons. The van der Waals surface area contributed by atoms with Crippen molar-refractivity contribution in [1.29, 1.82) is 0 Å². The summed E-state index contributed by atoms with van der Waals surface area (Å²) < 4.78 is 46.7. The molecule has 2 rings (SSSR count). The predicted molar refractivity (Wildman–Crippen MR) is 90.3 cm³/mol. The molecule has 0 saturated heterocycles. The first-order valence-electron chi connectivity index (χ1n) is 7.58. The van der Waals surface area contributed by atoms with Crippen molar-refractivity contribution in [2.24, 2.45) is 0 Å². The number of nitrogens with zero attached hydrogens (tertiary/aromatic N) is 2. The highest BCUT2D eigenvalue weighted by atomic mass is 32.2. The second-order valence-corrected chi connectivity index (χ2v) is 7.06. The normalized spacial score (nSPS) is 11.5. The van der Waals surface area contributed by atoms with Crippen molar-refractivity contribution < 1.29 is 31.8 Å². The molecular weight excluding hydrogens is 364 g/mol. The number of methoxy groups -OCH3 is 3. The Morgan fingerprint density at radius 3 is 2.46 bits per heavy atom. The first-order chi connectivity index (χ1) is 12.4. The fourth-order valence-electron chi connectivity index (χ4n) is 2.11. The van der Waals surface area contributed by atoms with Crippen LogP contribution in [0.25, 0.3) is 0 Å². The Balaban J connectivity index is 2.27. The summed E-state index contributed by atoms with van der Waals surface area (Å²) in [5, 5.41) is 0. The number of benzene rings is 1. The van der Waals surface area contributed by atoms with Crippen LogP contribution in [0, 0.1) is 0 Å². The Hall–Kier alpha value is -2.43. The number of ether oxygens (including phenoxy) is 3. The minimum Gasteiger partial charge on any atom is -0.497 e. The number of oxazole rings is 1. The van der Waals surface area contributed by atoms with Crippen LogP contribution in [-0.2, 0) is 26.0 Å². The lowest BCUT2D eigenvalue weighted by atomic mass is 10.3. The van der Waals surface area contributed by atoms with E-state index in [-0.39, 0.29) is 36.2 Å². The standard InChI is InChI=1S/C16H20N2O7S/c1-22-9-8-18(10-15-17-14(11-25-15)16(19)24-3)26(20,21)13-6-4-12(23-2)5-7-13/h4-7,11H,8-10H2,1-3H3. The van der Waals surface area contributed by atoms with E-state index in [4.69, 9.17) is 13.9 Å². The fraction of sp³-hybridized carbons (Fsp3) is 0.375. The molecule has 0 N–H and O–H groups in total. The van der Waals surface area contributed by atoms with Gasteiger partial charge in [-0.15, -0.1) is 0 Å². The van der Waals surface area contributed by atoms with Crippen molar-refractivity contribution in [2.75, 3.05) is 34.5 Å². The number of sulfonamides is 1. The van der Waals surface area contributed by atoms with E-state index in [1.54, 1.807) is 12.1 Å². The molecule has 142 valence electrons. The second-order valence-electron chi connectivity index (χ2n) is 5.12. The quantitative estimate of drug-likeness (QED) is 0.596. The van der Waals surface area contributed by atoms with Gasteiger partial charge in [0.25, 0.3) is 0 Å². The number of carbonyl (C=O) groups excluding carboxylic acids is 1. The van der Waals surface area contributed by atoms with Gasteiger partial charge in [-0.3, -0.25) is 0 Å². The molecule has 0 bridgehead atoms. The molecule has 0 aliphatic carbocycles. The van der Waals surface area contributed by atoms with Crippen molar-refractivity contribution in [3.8, 4) is 5.75 Å². The maximum atomic E-state index is 12.9. The van der Waals surface area contributed by atoms with Gasteiger partial charge in [0.05, 0.1) is 32.3 Å². The van der Waals surface area contributed by atoms with E-state index in [1.165, 1.54) is 33.5 Å². The first-order valence-corrected chi connectivity index (χ1v) is 9.02. The Morgan fingerprint density at radius 1 is 1.19 bits per heavy atom. The molecule has 26 heavy (non-hydrogen) atoms. The van der Waals surface area contributed by atoms with Crippen molar-refractivity contribution in [1.82, 2.24) is 9.29 Å². The Bertz CT molecular complexity index is 831. The molecule has 2 aromatic rings. The first kappa shape index (κ1) is 19.9. The SMILES string of the molecule is COCCN(Cc1nc(C(=O)OC)co1)S(=O)(=O)c1ccc(OC)cc1. The molecule has 0 aliphatic heterocycles. The lowest BCUT2D eigenvalue weighted by Crippen LogP contribution is -2.33. The van der Waals surface area contributed by atoms with Crippen LogP contribution in [0.4, 0.5) is 0 Å². The second kappa shape index (κ2) is 8.79. The van der Waals surface area contributed by atoms with E-state index >= 15 is 0 Å². The van der Waals surface area contributed by atoms with Crippen molar-refractivity contribution >= 4 is 16.0 Å². The molecule has 0 fully saturated rings. The molecule has 0 aliphatic rings. The molecule has 1 aromatic carbocycles. The molecule has 9 nitrogen and oxygen atoms in total. The third-order valence-electron chi connectivity index (χ3n) is 3.50. The molecule has 0 amide bonds. The average molecular weight is 384 g/mol. The molecular formula is C16H20N2O7S. The van der Waals surface area contributed by atoms with E-state index in [2.05, 4.69) is 9.72 Å². The summed E-state index contributed by atoms with van der Waals surface area (Å²) in [5.74, 6) is -0.0529. The molecule has 0 saturated carbocycles. The number of aromatic nitrogens is 1. The van der Waals surface area contributed by atoms with Crippen LogP contribution in [-0.4, -0.2) is 58.2 Å². The van der Waals surface area contributed by atoms with E-state index in [0.717, 1.165) is 10.6 Å². The van der Waals surface area contributed by atoms with Crippen LogP contribution in [0.5, 0.6) is 5.75 Å². The molecule has 10 heteroatoms. The van der Waals surface area contributed by atoms with Gasteiger partial charge in [0, 0.05) is 13.7 Å². The molecule has 1 aromatic heterocycles. The lowest BCUT2D eigenvalue weighted by Gasteiger charge is -2.20. The maximum absolute atomic E-state index is 12.9. The number of hydrogen-bond acceptors (Lipinski definition) is 8. The largest absolute Gasteiger partial charge is 0.497 e. The summed E-state index contributed by atoms with van der Waals surface area (Å²) in [5.41, 5.74) is -0.0314. The number of rotatable bonds is 9. The zero-order valence-electron chi connectivity index (χ0n) is 14.7. The zero-order chi connectivity index (χ0) is 19.2. The van der Waals surface area contributed by atoms with Crippen molar-refractivity contribution in [3.63, 3.8) is 0 Å². The van der Waals surface area contributed by atoms with Crippen LogP contribution >= 0.6 is 0 Å². The van der Waals surface area contributed by atoms with Gasteiger partial charge >= 0.3 is 5.97 Å². The van der Waals surface area contributed by atoms with Crippen molar-refractivity contribution in [3.05, 3.63) is 42.1 Å². The average Bonchev–Trinajstić information content (AvgIpc) is 3.13. The van der Waals surface area contributed by atoms with Crippen molar-refractivity contribution in [2.45, 2.75) is 11.4 Å². The van der Waals surface area contributed by atoms with Crippen LogP contribution in [0.1, 0.15) is 16.4 Å². The van der Waals surface area contributed by atoms with Crippen LogP contribution in [0.3, 0.4) is 0 Å². The highest BCUT2D eigenvalue weighted by molar-refractivity contribution is 7.89. The molecule has 0 unspecified atom stereocenters. The summed E-state index contributed by atoms with van der Waals surface area (Å²) in [4.78, 5) is 15.5. The topological polar surface area (TPSA) is 108 Å². The van der Waals surface area contributed by atoms with Gasteiger partial charge in [-0.1, -0.05) is 0 Å². The van der Waals surface area contributed by atoms with Gasteiger partial charge in [-0.2, -0.15) is 4.31 Å². The lowest BCUT2D eigenvalue weighted by molar-refractivity contribution is 0.0594. The molecule has 0 spiro atoms. The van der Waals surface area contributed by atoms with Gasteiger partial charge in [0.15, 0.2) is 5.69 Å². The van der Waals surface area contributed by atoms with E-state index in [0.29, 0.717) is 5.75 Å². The summed E-state index contributed by atoms with van der Waals surface area (Å²) in [7, 11) is 0.353. The number of hydrogen-bond donors (Lipinski definition) is 0. The number of esters is 1. The predicted octanol–water partition coefficient (Wildman–Crippen LogP) is 1.31. The molecule has 1 heterocycles. The van der Waals surface area contributed by atoms with Crippen LogP contribution in [0.2, 0.25) is 0 Å². The highest BCUT2D eigenvalue weighted by Gasteiger charge is 2.26. The van der Waals surface area contributed by atoms with Gasteiger partial charge in [-0.25, -0.2) is 18.2 Å².